The SMILES string of the molecule is C[C@H](C(=O)O)N(CC(=O)O)CC(=O)O. The van der Waals surface area contributed by atoms with E-state index in [0.29, 0.717) is 0 Å². The van der Waals surface area contributed by atoms with Gasteiger partial charge in [-0.15, -0.1) is 0 Å². The summed E-state index contributed by atoms with van der Waals surface area (Å²) in [5.74, 6) is -3.79. The first kappa shape index (κ1) is 12.4. The fourth-order valence-corrected chi connectivity index (χ4v) is 0.833. The Bertz CT molecular complexity index is 235. The van der Waals surface area contributed by atoms with E-state index in [1.807, 2.05) is 0 Å². The molecule has 3 N–H and O–H groups in total. The zero-order valence-corrected chi connectivity index (χ0v) is 7.51. The molecular formula is C7H11NO6. The smallest absolute Gasteiger partial charge is 0.320 e. The van der Waals surface area contributed by atoms with Crippen molar-refractivity contribution in [2.45, 2.75) is 13.0 Å². The summed E-state index contributed by atoms with van der Waals surface area (Å²) in [6, 6.07) is -1.14. The van der Waals surface area contributed by atoms with Crippen LogP contribution in [0, 0.1) is 0 Å². The quantitative estimate of drug-likeness (QED) is 0.505. The second-order valence-electron chi connectivity index (χ2n) is 2.71. The molecular weight excluding hydrogens is 194 g/mol. The molecule has 0 aromatic carbocycles. The minimum Gasteiger partial charge on any atom is -0.480 e. The van der Waals surface area contributed by atoms with Gasteiger partial charge in [0.1, 0.15) is 6.04 Å². The van der Waals surface area contributed by atoms with Gasteiger partial charge in [0.15, 0.2) is 0 Å². The lowest BCUT2D eigenvalue weighted by Crippen LogP contribution is -2.44. The summed E-state index contributed by atoms with van der Waals surface area (Å²) in [6.45, 7) is 0.00769. The van der Waals surface area contributed by atoms with E-state index in [-0.39, 0.29) is 0 Å². The van der Waals surface area contributed by atoms with Gasteiger partial charge in [0.25, 0.3) is 0 Å². The number of carbonyl (C=O) groups is 3. The molecule has 0 aliphatic heterocycles. The Morgan fingerprint density at radius 1 is 1.07 bits per heavy atom. The first-order valence-corrected chi connectivity index (χ1v) is 3.75. The third-order valence-corrected chi connectivity index (χ3v) is 1.58. The summed E-state index contributed by atoms with van der Waals surface area (Å²) in [4.78, 5) is 31.9. The monoisotopic (exact) mass is 205 g/mol. The van der Waals surface area contributed by atoms with Gasteiger partial charge in [-0.2, -0.15) is 0 Å². The van der Waals surface area contributed by atoms with Crippen molar-refractivity contribution in [1.82, 2.24) is 4.90 Å². The lowest BCUT2D eigenvalue weighted by Gasteiger charge is -2.21. The molecule has 0 saturated carbocycles. The molecule has 0 radical (unpaired) electrons. The summed E-state index contributed by atoms with van der Waals surface area (Å²) < 4.78 is 0. The molecule has 7 nitrogen and oxygen atoms in total. The van der Waals surface area contributed by atoms with Gasteiger partial charge in [-0.25, -0.2) is 0 Å². The summed E-state index contributed by atoms with van der Waals surface area (Å²) in [5, 5.41) is 25.4. The Morgan fingerprint density at radius 2 is 1.43 bits per heavy atom. The molecule has 0 bridgehead atoms. The topological polar surface area (TPSA) is 115 Å². The van der Waals surface area contributed by atoms with Crippen LogP contribution in [0.3, 0.4) is 0 Å². The van der Waals surface area contributed by atoms with Crippen molar-refractivity contribution in [3.8, 4) is 0 Å². The molecule has 0 aromatic rings. The van der Waals surface area contributed by atoms with E-state index in [4.69, 9.17) is 15.3 Å². The van der Waals surface area contributed by atoms with Crippen LogP contribution < -0.4 is 0 Å². The zero-order chi connectivity index (χ0) is 11.3. The number of rotatable bonds is 6. The van der Waals surface area contributed by atoms with Gasteiger partial charge in [0.05, 0.1) is 13.1 Å². The fourth-order valence-electron chi connectivity index (χ4n) is 0.833. The first-order chi connectivity index (χ1) is 6.34. The Balaban J connectivity index is 4.45. The number of aliphatic carboxylic acids is 3. The molecule has 0 amide bonds. The molecule has 0 spiro atoms. The Labute approximate surface area is 79.6 Å². The number of nitrogens with zero attached hydrogens (tertiary/aromatic N) is 1. The Hall–Kier alpha value is -1.63. The van der Waals surface area contributed by atoms with Gasteiger partial charge in [0, 0.05) is 0 Å². The highest BCUT2D eigenvalue weighted by atomic mass is 16.4. The van der Waals surface area contributed by atoms with Gasteiger partial charge >= 0.3 is 17.9 Å². The number of hydrogen-bond donors (Lipinski definition) is 3. The van der Waals surface area contributed by atoms with Crippen LogP contribution >= 0.6 is 0 Å². The molecule has 0 aromatic heterocycles. The van der Waals surface area contributed by atoms with E-state index in [1.54, 1.807) is 0 Å². The van der Waals surface area contributed by atoms with E-state index in [2.05, 4.69) is 0 Å². The summed E-state index contributed by atoms with van der Waals surface area (Å²) in [5.41, 5.74) is 0. The van der Waals surface area contributed by atoms with Crippen LogP contribution in [0.25, 0.3) is 0 Å². The maximum Gasteiger partial charge on any atom is 0.320 e. The van der Waals surface area contributed by atoms with Crippen LogP contribution in [0.1, 0.15) is 6.92 Å². The molecule has 14 heavy (non-hydrogen) atoms. The van der Waals surface area contributed by atoms with Crippen LogP contribution in [0.5, 0.6) is 0 Å². The van der Waals surface area contributed by atoms with Crippen LogP contribution in [-0.2, 0) is 14.4 Å². The second-order valence-corrected chi connectivity index (χ2v) is 2.71. The summed E-state index contributed by atoms with van der Waals surface area (Å²) in [7, 11) is 0. The molecule has 0 fully saturated rings. The number of hydrogen-bond acceptors (Lipinski definition) is 4. The van der Waals surface area contributed by atoms with Crippen molar-refractivity contribution >= 4 is 17.9 Å². The lowest BCUT2D eigenvalue weighted by atomic mass is 10.3. The predicted molar refractivity (Wildman–Crippen MR) is 43.9 cm³/mol. The van der Waals surface area contributed by atoms with Crippen molar-refractivity contribution in [3.05, 3.63) is 0 Å². The summed E-state index contributed by atoms with van der Waals surface area (Å²) >= 11 is 0. The van der Waals surface area contributed by atoms with Crippen LogP contribution in [0.15, 0.2) is 0 Å². The second kappa shape index (κ2) is 5.18. The zero-order valence-electron chi connectivity index (χ0n) is 7.51. The van der Waals surface area contributed by atoms with Gasteiger partial charge in [-0.05, 0) is 6.92 Å². The normalized spacial score (nSPS) is 12.4. The maximum atomic E-state index is 10.5. The van der Waals surface area contributed by atoms with E-state index in [9.17, 15) is 14.4 Å². The van der Waals surface area contributed by atoms with Crippen molar-refractivity contribution in [2.24, 2.45) is 0 Å². The largest absolute Gasteiger partial charge is 0.480 e. The molecule has 0 rings (SSSR count). The molecule has 80 valence electrons. The lowest BCUT2D eigenvalue weighted by molar-refractivity contribution is -0.148. The molecule has 0 unspecified atom stereocenters. The molecule has 0 aliphatic rings. The van der Waals surface area contributed by atoms with Gasteiger partial charge in [0.2, 0.25) is 0 Å². The molecule has 0 saturated heterocycles. The van der Waals surface area contributed by atoms with Crippen LogP contribution in [-0.4, -0.2) is 57.3 Å². The first-order valence-electron chi connectivity index (χ1n) is 3.75. The van der Waals surface area contributed by atoms with E-state index < -0.39 is 37.0 Å². The average Bonchev–Trinajstić information content (AvgIpc) is 1.99. The highest BCUT2D eigenvalue weighted by Gasteiger charge is 2.24. The van der Waals surface area contributed by atoms with E-state index in [1.165, 1.54) is 6.92 Å². The third-order valence-electron chi connectivity index (χ3n) is 1.58. The molecule has 0 aliphatic carbocycles. The highest BCUT2D eigenvalue weighted by Crippen LogP contribution is 1.98. The minimum atomic E-state index is -1.26. The van der Waals surface area contributed by atoms with E-state index in [0.717, 1.165) is 4.90 Å². The van der Waals surface area contributed by atoms with Crippen molar-refractivity contribution in [1.29, 1.82) is 0 Å². The van der Waals surface area contributed by atoms with Crippen molar-refractivity contribution in [2.75, 3.05) is 13.1 Å². The van der Waals surface area contributed by atoms with Gasteiger partial charge < -0.3 is 15.3 Å². The molecule has 1 atom stereocenters. The van der Waals surface area contributed by atoms with Crippen molar-refractivity contribution in [3.63, 3.8) is 0 Å². The fraction of sp³-hybridized carbons (Fsp3) is 0.571. The Kier molecular flexibility index (Phi) is 4.57. The third kappa shape index (κ3) is 4.41. The Morgan fingerprint density at radius 3 is 1.64 bits per heavy atom. The average molecular weight is 205 g/mol. The van der Waals surface area contributed by atoms with Gasteiger partial charge in [-0.3, -0.25) is 19.3 Å². The minimum absolute atomic E-state index is 0.611. The number of carboxylic acid groups (broad SMARTS) is 3. The molecule has 0 heterocycles. The number of carboxylic acids is 3. The van der Waals surface area contributed by atoms with E-state index >= 15 is 0 Å². The maximum absolute atomic E-state index is 10.5. The van der Waals surface area contributed by atoms with Crippen LogP contribution in [0.4, 0.5) is 0 Å². The van der Waals surface area contributed by atoms with Gasteiger partial charge in [-0.1, -0.05) is 0 Å². The predicted octanol–water partition coefficient (Wildman–Crippen LogP) is -1.07. The van der Waals surface area contributed by atoms with Crippen molar-refractivity contribution < 1.29 is 29.7 Å². The highest BCUT2D eigenvalue weighted by molar-refractivity contribution is 5.77. The standard InChI is InChI=1S/C7H11NO6/c1-4(7(13)14)8(2-5(9)10)3-6(11)12/h4H,2-3H2,1H3,(H,9,10)(H,11,12)(H,13,14)/t4-/m1/s1. The summed E-state index contributed by atoms with van der Waals surface area (Å²) in [6.07, 6.45) is 0. The van der Waals surface area contributed by atoms with Crippen LogP contribution in [0.2, 0.25) is 0 Å². The molecule has 7 heteroatoms.